The largest absolute Gasteiger partial charge is 0.469 e. The van der Waals surface area contributed by atoms with E-state index in [1.807, 2.05) is 54.6 Å². The summed E-state index contributed by atoms with van der Waals surface area (Å²) in [4.78, 5) is 14.5. The highest BCUT2D eigenvalue weighted by atomic mass is 16.5. The minimum atomic E-state index is -0.199. The number of rotatable bonds is 8. The Bertz CT molecular complexity index is 777. The molecule has 0 aliphatic carbocycles. The van der Waals surface area contributed by atoms with Gasteiger partial charge in [0.2, 0.25) is 0 Å². The predicted octanol–water partition coefficient (Wildman–Crippen LogP) is 4.99. The molecular weight excluding hydrogens is 334 g/mol. The molecule has 0 radical (unpaired) electrons. The van der Waals surface area contributed by atoms with Crippen LogP contribution in [0.15, 0.2) is 91.0 Å². The zero-order valence-electron chi connectivity index (χ0n) is 15.6. The van der Waals surface area contributed by atoms with Crippen molar-refractivity contribution in [3.8, 4) is 0 Å². The standard InChI is InChI=1S/C24H25NO2/c1-27-24(26)17-23(22-15-9-4-10-16-22)25(18-20-11-5-2-6-12-20)19-21-13-7-3-8-14-21/h2-16,23H,17-19H2,1H3/t23-/m1/s1. The van der Waals surface area contributed by atoms with Crippen molar-refractivity contribution in [3.05, 3.63) is 108 Å². The van der Waals surface area contributed by atoms with E-state index in [1.165, 1.54) is 18.2 Å². The lowest BCUT2D eigenvalue weighted by molar-refractivity contribution is -0.142. The molecule has 3 heteroatoms. The molecule has 0 spiro atoms. The summed E-state index contributed by atoms with van der Waals surface area (Å²) in [6.07, 6.45) is 0.320. The third-order valence-electron chi connectivity index (χ3n) is 4.67. The molecule has 0 aliphatic heterocycles. The molecule has 1 atom stereocenters. The van der Waals surface area contributed by atoms with E-state index in [0.717, 1.165) is 18.7 Å². The van der Waals surface area contributed by atoms with Crippen molar-refractivity contribution in [1.82, 2.24) is 4.90 Å². The van der Waals surface area contributed by atoms with Crippen LogP contribution in [0.3, 0.4) is 0 Å². The Kier molecular flexibility index (Phi) is 6.78. The molecule has 3 nitrogen and oxygen atoms in total. The summed E-state index contributed by atoms with van der Waals surface area (Å²) in [6.45, 7) is 1.51. The SMILES string of the molecule is COC(=O)C[C@H](c1ccccc1)N(Cc1ccccc1)Cc1ccccc1. The predicted molar refractivity (Wildman–Crippen MR) is 108 cm³/mol. The zero-order valence-corrected chi connectivity index (χ0v) is 15.6. The normalized spacial score (nSPS) is 11.9. The molecule has 0 unspecified atom stereocenters. The first-order valence-corrected chi connectivity index (χ1v) is 9.20. The molecule has 3 rings (SSSR count). The Balaban J connectivity index is 1.94. The highest BCUT2D eigenvalue weighted by Gasteiger charge is 2.24. The third kappa shape index (κ3) is 5.53. The third-order valence-corrected chi connectivity index (χ3v) is 4.67. The number of carbonyl (C=O) groups excluding carboxylic acids is 1. The Morgan fingerprint density at radius 1 is 0.778 bits per heavy atom. The number of benzene rings is 3. The number of hydrogen-bond donors (Lipinski definition) is 0. The van der Waals surface area contributed by atoms with Crippen LogP contribution in [0.4, 0.5) is 0 Å². The zero-order chi connectivity index (χ0) is 18.9. The second kappa shape index (κ2) is 9.70. The van der Waals surface area contributed by atoms with Crippen molar-refractivity contribution in [2.45, 2.75) is 25.6 Å². The molecule has 0 aromatic heterocycles. The van der Waals surface area contributed by atoms with Crippen LogP contribution in [0.1, 0.15) is 29.2 Å². The monoisotopic (exact) mass is 359 g/mol. The Morgan fingerprint density at radius 2 is 1.22 bits per heavy atom. The van der Waals surface area contributed by atoms with E-state index in [-0.39, 0.29) is 12.0 Å². The van der Waals surface area contributed by atoms with Crippen molar-refractivity contribution in [1.29, 1.82) is 0 Å². The number of carbonyl (C=O) groups is 1. The summed E-state index contributed by atoms with van der Waals surface area (Å²) in [6, 6.07) is 30.9. The maximum absolute atomic E-state index is 12.2. The molecule has 0 N–H and O–H groups in total. The average Bonchev–Trinajstić information content (AvgIpc) is 2.73. The molecule has 27 heavy (non-hydrogen) atoms. The van der Waals surface area contributed by atoms with Gasteiger partial charge in [0.15, 0.2) is 0 Å². The van der Waals surface area contributed by atoms with Crippen LogP contribution in [-0.4, -0.2) is 18.0 Å². The van der Waals surface area contributed by atoms with Crippen LogP contribution in [-0.2, 0) is 22.6 Å². The first kappa shape index (κ1) is 18.9. The van der Waals surface area contributed by atoms with Gasteiger partial charge in [-0.25, -0.2) is 0 Å². The van der Waals surface area contributed by atoms with Crippen molar-refractivity contribution >= 4 is 5.97 Å². The fraction of sp³-hybridized carbons (Fsp3) is 0.208. The van der Waals surface area contributed by atoms with Crippen LogP contribution in [0.5, 0.6) is 0 Å². The molecule has 3 aromatic rings. The van der Waals surface area contributed by atoms with Crippen LogP contribution in [0.2, 0.25) is 0 Å². The molecule has 0 amide bonds. The first-order chi connectivity index (χ1) is 13.3. The van der Waals surface area contributed by atoms with Crippen LogP contribution >= 0.6 is 0 Å². The second-order valence-corrected chi connectivity index (χ2v) is 6.58. The van der Waals surface area contributed by atoms with Crippen molar-refractivity contribution in [2.75, 3.05) is 7.11 Å². The van der Waals surface area contributed by atoms with E-state index in [1.54, 1.807) is 0 Å². The molecule has 0 saturated heterocycles. The minimum absolute atomic E-state index is 0.0564. The van der Waals surface area contributed by atoms with Gasteiger partial charge >= 0.3 is 5.97 Å². The lowest BCUT2D eigenvalue weighted by atomic mass is 10.00. The average molecular weight is 359 g/mol. The lowest BCUT2D eigenvalue weighted by Gasteiger charge is -2.32. The maximum atomic E-state index is 12.2. The molecule has 0 aliphatic rings. The van der Waals surface area contributed by atoms with E-state index < -0.39 is 0 Å². The van der Waals surface area contributed by atoms with Gasteiger partial charge in [0, 0.05) is 19.1 Å². The van der Waals surface area contributed by atoms with Gasteiger partial charge in [-0.15, -0.1) is 0 Å². The second-order valence-electron chi connectivity index (χ2n) is 6.58. The maximum Gasteiger partial charge on any atom is 0.307 e. The van der Waals surface area contributed by atoms with Gasteiger partial charge in [0.05, 0.1) is 13.5 Å². The Labute approximate surface area is 161 Å². The van der Waals surface area contributed by atoms with Gasteiger partial charge in [-0.05, 0) is 16.7 Å². The first-order valence-electron chi connectivity index (χ1n) is 9.20. The van der Waals surface area contributed by atoms with Gasteiger partial charge < -0.3 is 4.74 Å². The van der Waals surface area contributed by atoms with Gasteiger partial charge in [-0.1, -0.05) is 91.0 Å². The van der Waals surface area contributed by atoms with E-state index in [9.17, 15) is 4.79 Å². The number of ether oxygens (including phenoxy) is 1. The fourth-order valence-corrected chi connectivity index (χ4v) is 3.29. The topological polar surface area (TPSA) is 29.5 Å². The lowest BCUT2D eigenvalue weighted by Crippen LogP contribution is -2.30. The van der Waals surface area contributed by atoms with E-state index in [4.69, 9.17) is 4.74 Å². The Hall–Kier alpha value is -2.91. The van der Waals surface area contributed by atoms with E-state index >= 15 is 0 Å². The highest BCUT2D eigenvalue weighted by Crippen LogP contribution is 2.28. The fourth-order valence-electron chi connectivity index (χ4n) is 3.29. The summed E-state index contributed by atoms with van der Waals surface area (Å²) >= 11 is 0. The van der Waals surface area contributed by atoms with Crippen LogP contribution < -0.4 is 0 Å². The quantitative estimate of drug-likeness (QED) is 0.531. The van der Waals surface area contributed by atoms with E-state index in [0.29, 0.717) is 6.42 Å². The van der Waals surface area contributed by atoms with E-state index in [2.05, 4.69) is 41.3 Å². The molecule has 0 bridgehead atoms. The molecule has 138 valence electrons. The minimum Gasteiger partial charge on any atom is -0.469 e. The molecule has 3 aromatic carbocycles. The summed E-state index contributed by atoms with van der Waals surface area (Å²) in [5.41, 5.74) is 3.56. The van der Waals surface area contributed by atoms with Gasteiger partial charge in [-0.2, -0.15) is 0 Å². The molecule has 0 saturated carbocycles. The number of methoxy groups -OCH3 is 1. The molecular formula is C24H25NO2. The van der Waals surface area contributed by atoms with Crippen LogP contribution in [0.25, 0.3) is 0 Å². The molecule has 0 heterocycles. The highest BCUT2D eigenvalue weighted by molar-refractivity contribution is 5.70. The summed E-state index contributed by atoms with van der Waals surface area (Å²) in [5, 5.41) is 0. The number of hydrogen-bond acceptors (Lipinski definition) is 3. The van der Waals surface area contributed by atoms with Crippen molar-refractivity contribution in [3.63, 3.8) is 0 Å². The van der Waals surface area contributed by atoms with Crippen molar-refractivity contribution < 1.29 is 9.53 Å². The van der Waals surface area contributed by atoms with Gasteiger partial charge in [0.25, 0.3) is 0 Å². The number of esters is 1. The summed E-state index contributed by atoms with van der Waals surface area (Å²) in [5.74, 6) is -0.199. The van der Waals surface area contributed by atoms with Gasteiger partial charge in [0.1, 0.15) is 0 Å². The Morgan fingerprint density at radius 3 is 1.67 bits per heavy atom. The molecule has 0 fully saturated rings. The van der Waals surface area contributed by atoms with Crippen LogP contribution in [0, 0.1) is 0 Å². The smallest absolute Gasteiger partial charge is 0.307 e. The number of nitrogens with zero attached hydrogens (tertiary/aromatic N) is 1. The summed E-state index contributed by atoms with van der Waals surface area (Å²) < 4.78 is 4.99. The van der Waals surface area contributed by atoms with Gasteiger partial charge in [-0.3, -0.25) is 9.69 Å². The van der Waals surface area contributed by atoms with Crippen molar-refractivity contribution in [2.24, 2.45) is 0 Å². The summed E-state index contributed by atoms with van der Waals surface area (Å²) in [7, 11) is 1.45.